The molecular formula is C12H18OSi. The largest absolute Gasteiger partial charge is 0.396 e. The first-order valence-electron chi connectivity index (χ1n) is 4.93. The number of hydrogen-bond acceptors (Lipinski definition) is 1. The highest BCUT2D eigenvalue weighted by molar-refractivity contribution is 6.95. The lowest BCUT2D eigenvalue weighted by atomic mass is 10.4. The second-order valence-corrected chi connectivity index (χ2v) is 8.60. The molecule has 0 radical (unpaired) electrons. The summed E-state index contributed by atoms with van der Waals surface area (Å²) in [5.41, 5.74) is 0. The van der Waals surface area contributed by atoms with E-state index < -0.39 is 8.07 Å². The van der Waals surface area contributed by atoms with Gasteiger partial charge >= 0.3 is 0 Å². The van der Waals surface area contributed by atoms with Gasteiger partial charge in [-0.15, -0.1) is 6.58 Å². The third-order valence-electron chi connectivity index (χ3n) is 2.79. The lowest BCUT2D eigenvalue weighted by Gasteiger charge is -2.25. The number of hydrogen-bond donors (Lipinski definition) is 1. The van der Waals surface area contributed by atoms with Crippen molar-refractivity contribution in [2.45, 2.75) is 19.5 Å². The number of aliphatic hydroxyl groups is 1. The molecule has 0 atom stereocenters. The van der Waals surface area contributed by atoms with Gasteiger partial charge in [-0.1, -0.05) is 53.8 Å². The van der Waals surface area contributed by atoms with Gasteiger partial charge in [0.1, 0.15) is 8.07 Å². The molecule has 1 N–H and O–H groups in total. The average molecular weight is 206 g/mol. The number of rotatable bonds is 4. The summed E-state index contributed by atoms with van der Waals surface area (Å²) in [6.07, 6.45) is 0.730. The summed E-state index contributed by atoms with van der Waals surface area (Å²) in [5, 5.41) is 11.5. The molecule has 0 fully saturated rings. The van der Waals surface area contributed by atoms with Gasteiger partial charge in [-0.2, -0.15) is 0 Å². The summed E-state index contributed by atoms with van der Waals surface area (Å²) in [4.78, 5) is 0. The third kappa shape index (κ3) is 2.34. The van der Waals surface area contributed by atoms with Crippen molar-refractivity contribution in [2.75, 3.05) is 6.61 Å². The zero-order chi connectivity index (χ0) is 10.6. The summed E-state index contributed by atoms with van der Waals surface area (Å²) in [6.45, 7) is 8.86. The van der Waals surface area contributed by atoms with E-state index in [1.807, 2.05) is 6.07 Å². The van der Waals surface area contributed by atoms with Crippen LogP contribution < -0.4 is 5.19 Å². The predicted octanol–water partition coefficient (Wildman–Crippen LogP) is 2.08. The van der Waals surface area contributed by atoms with Gasteiger partial charge in [-0.3, -0.25) is 0 Å². The van der Waals surface area contributed by atoms with Crippen molar-refractivity contribution in [3.63, 3.8) is 0 Å². The Labute approximate surface area is 87.1 Å². The van der Waals surface area contributed by atoms with E-state index in [-0.39, 0.29) is 6.61 Å². The smallest absolute Gasteiger partial charge is 0.106 e. The first kappa shape index (κ1) is 11.2. The predicted molar refractivity (Wildman–Crippen MR) is 64.4 cm³/mol. The van der Waals surface area contributed by atoms with Gasteiger partial charge in [0.2, 0.25) is 0 Å². The van der Waals surface area contributed by atoms with E-state index in [4.69, 9.17) is 5.11 Å². The molecule has 1 nitrogen and oxygen atoms in total. The number of aliphatic hydroxyl groups excluding tert-OH is 1. The molecule has 0 aromatic heterocycles. The summed E-state index contributed by atoms with van der Waals surface area (Å²) >= 11 is 0. The molecule has 0 heterocycles. The molecule has 0 aliphatic heterocycles. The Bertz CT molecular complexity index is 303. The van der Waals surface area contributed by atoms with Crippen LogP contribution in [0.4, 0.5) is 0 Å². The van der Waals surface area contributed by atoms with Gasteiger partial charge in [0.25, 0.3) is 0 Å². The van der Waals surface area contributed by atoms with Gasteiger partial charge in [0.05, 0.1) is 0 Å². The van der Waals surface area contributed by atoms with Crippen LogP contribution in [-0.2, 0) is 0 Å². The second kappa shape index (κ2) is 4.58. The van der Waals surface area contributed by atoms with Crippen LogP contribution in [0.1, 0.15) is 6.42 Å². The van der Waals surface area contributed by atoms with E-state index in [0.29, 0.717) is 0 Å². The van der Waals surface area contributed by atoms with Crippen molar-refractivity contribution in [1.29, 1.82) is 0 Å². The van der Waals surface area contributed by atoms with Crippen LogP contribution in [0, 0.1) is 0 Å². The Morgan fingerprint density at radius 1 is 1.29 bits per heavy atom. The van der Waals surface area contributed by atoms with Gasteiger partial charge in [-0.25, -0.2) is 0 Å². The molecule has 1 aromatic rings. The van der Waals surface area contributed by atoms with E-state index in [1.54, 1.807) is 0 Å². The molecule has 0 unspecified atom stereocenters. The van der Waals surface area contributed by atoms with Crippen molar-refractivity contribution in [3.8, 4) is 0 Å². The minimum Gasteiger partial charge on any atom is -0.396 e. The third-order valence-corrected chi connectivity index (χ3v) is 6.59. The van der Waals surface area contributed by atoms with E-state index in [9.17, 15) is 0 Å². The fraction of sp³-hybridized carbons (Fsp3) is 0.333. The van der Waals surface area contributed by atoms with Crippen molar-refractivity contribution in [2.24, 2.45) is 0 Å². The molecule has 14 heavy (non-hydrogen) atoms. The average Bonchev–Trinajstić information content (AvgIpc) is 2.19. The van der Waals surface area contributed by atoms with Gasteiger partial charge in [0, 0.05) is 6.61 Å². The first-order chi connectivity index (χ1) is 6.59. The molecule has 0 saturated heterocycles. The van der Waals surface area contributed by atoms with Crippen molar-refractivity contribution in [1.82, 2.24) is 0 Å². The Hall–Kier alpha value is -0.863. The molecule has 1 aromatic carbocycles. The zero-order valence-electron chi connectivity index (χ0n) is 8.96. The maximum atomic E-state index is 8.91. The lowest BCUT2D eigenvalue weighted by Crippen LogP contribution is -2.43. The van der Waals surface area contributed by atoms with E-state index in [1.165, 1.54) is 10.4 Å². The van der Waals surface area contributed by atoms with Gasteiger partial charge in [-0.05, 0) is 6.42 Å². The van der Waals surface area contributed by atoms with E-state index >= 15 is 0 Å². The van der Waals surface area contributed by atoms with Crippen LogP contribution in [0.25, 0.3) is 0 Å². The van der Waals surface area contributed by atoms with Crippen LogP contribution in [-0.4, -0.2) is 19.8 Å². The van der Waals surface area contributed by atoms with E-state index in [0.717, 1.165) is 6.42 Å². The Balaban J connectivity index is 2.90. The molecular weight excluding hydrogens is 188 g/mol. The SMILES string of the molecule is C=C(CCO)[Si](C)(C)c1ccccc1. The first-order valence-corrected chi connectivity index (χ1v) is 7.93. The minimum atomic E-state index is -1.56. The quantitative estimate of drug-likeness (QED) is 0.748. The monoisotopic (exact) mass is 206 g/mol. The molecule has 0 aliphatic carbocycles. The summed E-state index contributed by atoms with van der Waals surface area (Å²) in [5.74, 6) is 0. The fourth-order valence-corrected chi connectivity index (χ4v) is 3.68. The van der Waals surface area contributed by atoms with Gasteiger partial charge < -0.3 is 5.11 Å². The highest BCUT2D eigenvalue weighted by Crippen LogP contribution is 2.15. The standard InChI is InChI=1S/C12H18OSi/c1-11(9-10-13)14(2,3)12-7-5-4-6-8-12/h4-8,13H,1,9-10H2,2-3H3. The molecule has 76 valence electrons. The highest BCUT2D eigenvalue weighted by Gasteiger charge is 2.25. The van der Waals surface area contributed by atoms with Crippen molar-refractivity contribution in [3.05, 3.63) is 42.1 Å². The second-order valence-electron chi connectivity index (χ2n) is 4.07. The Morgan fingerprint density at radius 3 is 2.36 bits per heavy atom. The molecule has 1 rings (SSSR count). The zero-order valence-corrected chi connectivity index (χ0v) is 9.96. The summed E-state index contributed by atoms with van der Waals surface area (Å²) in [6, 6.07) is 10.5. The lowest BCUT2D eigenvalue weighted by molar-refractivity contribution is 0.301. The molecule has 0 spiro atoms. The minimum absolute atomic E-state index is 0.210. The fourth-order valence-electron chi connectivity index (χ4n) is 1.51. The molecule has 0 aliphatic rings. The van der Waals surface area contributed by atoms with Crippen LogP contribution in [0.3, 0.4) is 0 Å². The summed E-state index contributed by atoms with van der Waals surface area (Å²) in [7, 11) is -1.56. The van der Waals surface area contributed by atoms with Crippen LogP contribution in [0.5, 0.6) is 0 Å². The molecule has 2 heteroatoms. The summed E-state index contributed by atoms with van der Waals surface area (Å²) < 4.78 is 0. The maximum Gasteiger partial charge on any atom is 0.106 e. The van der Waals surface area contributed by atoms with Crippen LogP contribution in [0.15, 0.2) is 42.1 Å². The van der Waals surface area contributed by atoms with Crippen LogP contribution in [0.2, 0.25) is 13.1 Å². The highest BCUT2D eigenvalue weighted by atomic mass is 28.3. The molecule has 0 bridgehead atoms. The van der Waals surface area contributed by atoms with Crippen molar-refractivity contribution >= 4 is 13.3 Å². The maximum absolute atomic E-state index is 8.91. The topological polar surface area (TPSA) is 20.2 Å². The Morgan fingerprint density at radius 2 is 1.86 bits per heavy atom. The molecule has 0 saturated carbocycles. The normalized spacial score (nSPS) is 11.4. The molecule has 0 amide bonds. The number of benzene rings is 1. The van der Waals surface area contributed by atoms with E-state index in [2.05, 4.69) is 43.9 Å². The van der Waals surface area contributed by atoms with Gasteiger partial charge in [0.15, 0.2) is 0 Å². The Kier molecular flexibility index (Phi) is 3.67. The van der Waals surface area contributed by atoms with Crippen LogP contribution >= 0.6 is 0 Å². The van der Waals surface area contributed by atoms with Crippen molar-refractivity contribution < 1.29 is 5.11 Å².